The summed E-state index contributed by atoms with van der Waals surface area (Å²) < 4.78 is 94.9. The smallest absolute Gasteiger partial charge is 0.272 e. The first-order chi connectivity index (χ1) is 23.9. The minimum atomic E-state index is -4.85. The Bertz CT molecular complexity index is 1460. The summed E-state index contributed by atoms with van der Waals surface area (Å²) in [5.41, 5.74) is 0.208. The molecule has 3 rings (SSSR count). The Hall–Kier alpha value is -2.87. The van der Waals surface area contributed by atoms with Crippen LogP contribution in [0.3, 0.4) is 0 Å². The summed E-state index contributed by atoms with van der Waals surface area (Å²) in [5.74, 6) is -1.97. The minimum absolute atomic E-state index is 0.0326. The number of hydrogen-bond acceptors (Lipinski definition) is 9. The van der Waals surface area contributed by atoms with E-state index in [1.807, 2.05) is 0 Å². The number of Topliss-reactive ketones (excluding diaryl/α,β-unsaturated/α-hetero) is 1. The Labute approximate surface area is 298 Å². The molecule has 0 saturated heterocycles. The Morgan fingerprint density at radius 1 is 0.600 bits per heavy atom. The van der Waals surface area contributed by atoms with Crippen molar-refractivity contribution in [3.05, 3.63) is 47.5 Å². The van der Waals surface area contributed by atoms with Gasteiger partial charge in [0.25, 0.3) is 20.2 Å². The number of hydrogen-bond donors (Lipinski definition) is 2. The predicted molar refractivity (Wildman–Crippen MR) is 194 cm³/mol. The zero-order valence-electron chi connectivity index (χ0n) is 30.0. The van der Waals surface area contributed by atoms with Crippen LogP contribution in [-0.4, -0.2) is 59.2 Å². The van der Waals surface area contributed by atoms with Gasteiger partial charge in [-0.1, -0.05) is 90.2 Å². The SMILES string of the molecule is CCCCCCCCOc1ccc(C(C2CCC(C(c3ccc(OCCCCCCCC)c(OC)c3)S(=O)(=O)O)C2=O)S(=O)(=O)O)cc1OC. The topological polar surface area (TPSA) is 163 Å². The van der Waals surface area contributed by atoms with Gasteiger partial charge in [0, 0.05) is 11.8 Å². The van der Waals surface area contributed by atoms with Gasteiger partial charge in [0.15, 0.2) is 23.0 Å². The number of unbranched alkanes of at least 4 members (excludes halogenated alkanes) is 10. The van der Waals surface area contributed by atoms with Gasteiger partial charge in [-0.05, 0) is 61.1 Å². The molecule has 0 amide bonds. The molecule has 0 radical (unpaired) electrons. The lowest BCUT2D eigenvalue weighted by Crippen LogP contribution is -2.31. The quantitative estimate of drug-likeness (QED) is 0.0786. The summed E-state index contributed by atoms with van der Waals surface area (Å²) in [6.45, 7) is 5.21. The zero-order chi connectivity index (χ0) is 36.7. The first-order valence-electron chi connectivity index (χ1n) is 17.9. The van der Waals surface area contributed by atoms with Crippen LogP contribution in [0.2, 0.25) is 0 Å². The highest BCUT2D eigenvalue weighted by Crippen LogP contribution is 2.48. The molecule has 2 N–H and O–H groups in total. The van der Waals surface area contributed by atoms with Crippen LogP contribution in [0.15, 0.2) is 36.4 Å². The molecule has 2 aromatic rings. The maximum atomic E-state index is 13.9. The van der Waals surface area contributed by atoms with Crippen molar-refractivity contribution in [2.24, 2.45) is 11.8 Å². The molecule has 282 valence electrons. The number of carbonyl (C=O) groups excluding carboxylic acids is 1. The average molecular weight is 741 g/mol. The van der Waals surface area contributed by atoms with Crippen LogP contribution in [0.25, 0.3) is 0 Å². The van der Waals surface area contributed by atoms with Crippen molar-refractivity contribution in [3.8, 4) is 23.0 Å². The molecule has 50 heavy (non-hydrogen) atoms. The summed E-state index contributed by atoms with van der Waals surface area (Å²) in [7, 11) is -6.89. The number of carbonyl (C=O) groups is 1. The molecule has 0 aliphatic heterocycles. The molecule has 11 nitrogen and oxygen atoms in total. The van der Waals surface area contributed by atoms with E-state index in [0.29, 0.717) is 24.7 Å². The van der Waals surface area contributed by atoms with Gasteiger partial charge < -0.3 is 18.9 Å². The van der Waals surface area contributed by atoms with Crippen molar-refractivity contribution < 1.29 is 49.7 Å². The fourth-order valence-electron chi connectivity index (χ4n) is 6.83. The van der Waals surface area contributed by atoms with Crippen LogP contribution in [0, 0.1) is 11.8 Å². The van der Waals surface area contributed by atoms with E-state index in [-0.39, 0.29) is 35.5 Å². The molecule has 13 heteroatoms. The fraction of sp³-hybridized carbons (Fsp3) is 0.649. The van der Waals surface area contributed by atoms with E-state index in [9.17, 15) is 30.7 Å². The van der Waals surface area contributed by atoms with E-state index in [2.05, 4.69) is 13.8 Å². The summed E-state index contributed by atoms with van der Waals surface area (Å²) in [5, 5.41) is -3.37. The summed E-state index contributed by atoms with van der Waals surface area (Å²) in [6, 6.07) is 8.86. The normalized spacial score (nSPS) is 17.8. The molecule has 1 saturated carbocycles. The van der Waals surface area contributed by atoms with Gasteiger partial charge in [-0.25, -0.2) is 0 Å². The third kappa shape index (κ3) is 11.8. The molecule has 1 aliphatic carbocycles. The maximum absolute atomic E-state index is 13.9. The van der Waals surface area contributed by atoms with E-state index in [1.165, 1.54) is 64.2 Å². The molecule has 4 unspecified atom stereocenters. The van der Waals surface area contributed by atoms with Crippen LogP contribution in [0.4, 0.5) is 0 Å². The Kier molecular flexibility index (Phi) is 16.8. The zero-order valence-corrected chi connectivity index (χ0v) is 31.6. The largest absolute Gasteiger partial charge is 0.493 e. The highest BCUT2D eigenvalue weighted by Gasteiger charge is 2.50. The van der Waals surface area contributed by atoms with Crippen LogP contribution in [0.1, 0.15) is 125 Å². The highest BCUT2D eigenvalue weighted by molar-refractivity contribution is 7.86. The Morgan fingerprint density at radius 2 is 0.960 bits per heavy atom. The van der Waals surface area contributed by atoms with Gasteiger partial charge >= 0.3 is 0 Å². The average Bonchev–Trinajstić information content (AvgIpc) is 3.42. The van der Waals surface area contributed by atoms with Crippen LogP contribution >= 0.6 is 0 Å². The Balaban J connectivity index is 1.80. The van der Waals surface area contributed by atoms with Crippen LogP contribution < -0.4 is 18.9 Å². The van der Waals surface area contributed by atoms with Crippen molar-refractivity contribution >= 4 is 26.0 Å². The van der Waals surface area contributed by atoms with E-state index in [4.69, 9.17) is 18.9 Å². The van der Waals surface area contributed by atoms with Gasteiger partial charge in [-0.3, -0.25) is 13.9 Å². The second kappa shape index (κ2) is 20.2. The highest BCUT2D eigenvalue weighted by atomic mass is 32.2. The summed E-state index contributed by atoms with van der Waals surface area (Å²) in [4.78, 5) is 13.9. The third-order valence-corrected chi connectivity index (χ3v) is 11.9. The lowest BCUT2D eigenvalue weighted by molar-refractivity contribution is -0.124. The fourth-order valence-corrected chi connectivity index (χ4v) is 9.19. The summed E-state index contributed by atoms with van der Waals surface area (Å²) >= 11 is 0. The first-order valence-corrected chi connectivity index (χ1v) is 21.0. The Morgan fingerprint density at radius 3 is 1.30 bits per heavy atom. The maximum Gasteiger partial charge on any atom is 0.272 e. The second-order valence-electron chi connectivity index (χ2n) is 13.1. The molecule has 0 spiro atoms. The van der Waals surface area contributed by atoms with Gasteiger partial charge in [0.05, 0.1) is 27.4 Å². The van der Waals surface area contributed by atoms with Gasteiger partial charge in [-0.2, -0.15) is 16.8 Å². The summed E-state index contributed by atoms with van der Waals surface area (Å²) in [6.07, 6.45) is 13.0. The third-order valence-electron chi connectivity index (χ3n) is 9.44. The monoisotopic (exact) mass is 740 g/mol. The number of ketones is 1. The van der Waals surface area contributed by atoms with Crippen LogP contribution in [-0.2, 0) is 25.0 Å². The molecular weight excluding hydrogens is 685 g/mol. The molecule has 1 fully saturated rings. The molecule has 1 aliphatic rings. The van der Waals surface area contributed by atoms with E-state index < -0.39 is 48.4 Å². The van der Waals surface area contributed by atoms with Crippen LogP contribution in [0.5, 0.6) is 23.0 Å². The van der Waals surface area contributed by atoms with Crippen molar-refractivity contribution in [1.82, 2.24) is 0 Å². The molecule has 2 aromatic carbocycles. The molecule has 0 bridgehead atoms. The van der Waals surface area contributed by atoms with Crippen molar-refractivity contribution in [2.45, 2.75) is 114 Å². The molecule has 0 aromatic heterocycles. The lowest BCUT2D eigenvalue weighted by atomic mass is 9.91. The number of benzene rings is 2. The van der Waals surface area contributed by atoms with Crippen molar-refractivity contribution in [2.75, 3.05) is 27.4 Å². The first kappa shape index (κ1) is 41.5. The van der Waals surface area contributed by atoms with Gasteiger partial charge in [0.1, 0.15) is 16.3 Å². The second-order valence-corrected chi connectivity index (χ2v) is 16.2. The number of rotatable bonds is 24. The van der Waals surface area contributed by atoms with Crippen molar-refractivity contribution in [1.29, 1.82) is 0 Å². The molecule has 4 atom stereocenters. The predicted octanol–water partition coefficient (Wildman–Crippen LogP) is 8.34. The molecular formula is C37H56O11S2. The lowest BCUT2D eigenvalue weighted by Gasteiger charge is -2.24. The van der Waals surface area contributed by atoms with E-state index in [0.717, 1.165) is 51.4 Å². The number of ether oxygens (including phenoxy) is 4. The van der Waals surface area contributed by atoms with E-state index in [1.54, 1.807) is 12.1 Å². The van der Waals surface area contributed by atoms with Crippen molar-refractivity contribution in [3.63, 3.8) is 0 Å². The minimum Gasteiger partial charge on any atom is -0.493 e. The molecule has 0 heterocycles. The van der Waals surface area contributed by atoms with Gasteiger partial charge in [-0.15, -0.1) is 0 Å². The van der Waals surface area contributed by atoms with Gasteiger partial charge in [0.2, 0.25) is 0 Å². The standard InChI is InChI=1S/C37H56O11S2/c1-5-7-9-11-13-15-23-47-31-21-17-27(25-33(31)45-3)36(49(39,40)41)29-19-20-30(35(29)38)37(50(42,43)44)28-18-22-32(34(26-28)46-4)48-24-16-14-12-10-8-6-2/h17-18,21-22,25-26,29-30,36-37H,5-16,19-20,23-24H2,1-4H3,(H,39,40,41)(H,42,43,44). The van der Waals surface area contributed by atoms with E-state index >= 15 is 0 Å². The number of methoxy groups -OCH3 is 2.